The van der Waals surface area contributed by atoms with Gasteiger partial charge in [0.25, 0.3) is 5.91 Å². The predicted molar refractivity (Wildman–Crippen MR) is 107 cm³/mol. The second-order valence-corrected chi connectivity index (χ2v) is 6.54. The van der Waals surface area contributed by atoms with Crippen LogP contribution in [0.2, 0.25) is 0 Å². The van der Waals surface area contributed by atoms with Gasteiger partial charge in [-0.25, -0.2) is 14.4 Å². The number of hydrogen-bond donors (Lipinski definition) is 1. The number of nitrogens with zero attached hydrogens (tertiary/aromatic N) is 4. The molecule has 0 unspecified atom stereocenters. The fraction of sp³-hybridized carbons (Fsp3) is 0.190. The van der Waals surface area contributed by atoms with Crippen molar-refractivity contribution >= 4 is 23.2 Å². The number of para-hydroxylation sites is 1. The molecule has 2 aromatic carbocycles. The minimum atomic E-state index is -0.452. The van der Waals surface area contributed by atoms with Crippen LogP contribution in [0.4, 0.5) is 21.7 Å². The molecular weight excluding hydrogens is 357 g/mol. The molecule has 0 saturated carbocycles. The van der Waals surface area contributed by atoms with Gasteiger partial charge in [-0.2, -0.15) is 0 Å². The van der Waals surface area contributed by atoms with Gasteiger partial charge in [-0.3, -0.25) is 4.79 Å². The maximum absolute atomic E-state index is 13.3. The Kier molecular flexibility index (Phi) is 5.14. The molecule has 1 amide bonds. The highest BCUT2D eigenvalue weighted by atomic mass is 19.1. The molecule has 0 atom stereocenters. The van der Waals surface area contributed by atoms with Crippen LogP contribution in [0.25, 0.3) is 0 Å². The lowest BCUT2D eigenvalue weighted by Crippen LogP contribution is -2.46. The number of amides is 1. The van der Waals surface area contributed by atoms with Gasteiger partial charge in [0.2, 0.25) is 0 Å². The summed E-state index contributed by atoms with van der Waals surface area (Å²) in [6.07, 6.45) is 1.43. The molecule has 0 radical (unpaired) electrons. The lowest BCUT2D eigenvalue weighted by atomic mass is 10.2. The van der Waals surface area contributed by atoms with Gasteiger partial charge in [0.05, 0.1) is 0 Å². The number of carbonyl (C=O) groups is 1. The van der Waals surface area contributed by atoms with Crippen LogP contribution < -0.4 is 15.1 Å². The van der Waals surface area contributed by atoms with Crippen LogP contribution in [0.1, 0.15) is 10.4 Å². The Hall–Kier alpha value is -3.48. The number of rotatable bonds is 4. The molecule has 1 saturated heterocycles. The van der Waals surface area contributed by atoms with Crippen molar-refractivity contribution in [1.29, 1.82) is 0 Å². The Bertz CT molecular complexity index is 958. The zero-order chi connectivity index (χ0) is 19.3. The van der Waals surface area contributed by atoms with E-state index in [9.17, 15) is 9.18 Å². The molecular formula is C21H20FN5O. The van der Waals surface area contributed by atoms with E-state index < -0.39 is 11.7 Å². The van der Waals surface area contributed by atoms with Crippen molar-refractivity contribution in [2.24, 2.45) is 0 Å². The van der Waals surface area contributed by atoms with Gasteiger partial charge in [0.1, 0.15) is 23.8 Å². The number of hydrogen-bond acceptors (Lipinski definition) is 5. The number of halogens is 1. The molecule has 1 fully saturated rings. The van der Waals surface area contributed by atoms with Crippen LogP contribution in [-0.2, 0) is 0 Å². The van der Waals surface area contributed by atoms with Crippen LogP contribution in [-0.4, -0.2) is 42.1 Å². The van der Waals surface area contributed by atoms with Gasteiger partial charge >= 0.3 is 0 Å². The highest BCUT2D eigenvalue weighted by Gasteiger charge is 2.19. The number of nitrogens with one attached hydrogen (secondary N) is 1. The number of carbonyl (C=O) groups excluding carboxylic acids is 1. The second-order valence-electron chi connectivity index (χ2n) is 6.54. The van der Waals surface area contributed by atoms with Crippen molar-refractivity contribution < 1.29 is 9.18 Å². The first kappa shape index (κ1) is 17.9. The summed E-state index contributed by atoms with van der Waals surface area (Å²) in [5.41, 5.74) is 1.46. The van der Waals surface area contributed by atoms with Gasteiger partial charge in [-0.05, 0) is 30.3 Å². The molecule has 1 aliphatic rings. The summed E-state index contributed by atoms with van der Waals surface area (Å²) >= 11 is 0. The summed E-state index contributed by atoms with van der Waals surface area (Å²) < 4.78 is 13.3. The maximum Gasteiger partial charge on any atom is 0.256 e. The largest absolute Gasteiger partial charge is 0.368 e. The van der Waals surface area contributed by atoms with Crippen molar-refractivity contribution in [3.8, 4) is 0 Å². The molecule has 4 rings (SSSR count). The fourth-order valence-corrected chi connectivity index (χ4v) is 3.24. The smallest absolute Gasteiger partial charge is 0.256 e. The summed E-state index contributed by atoms with van der Waals surface area (Å²) in [5.74, 6) is 0.298. The molecule has 7 heteroatoms. The molecule has 6 nitrogen and oxygen atoms in total. The fourth-order valence-electron chi connectivity index (χ4n) is 3.24. The molecule has 142 valence electrons. The van der Waals surface area contributed by atoms with Crippen LogP contribution in [0.3, 0.4) is 0 Å². The molecule has 0 aliphatic carbocycles. The standard InChI is InChI=1S/C21H20FN5O/c22-17-6-4-5-16(13-17)21(28)25-19-14-20(24-15-23-19)27-11-9-26(10-12-27)18-7-2-1-3-8-18/h1-8,13-15H,9-12H2,(H,23,24,25,28). The highest BCUT2D eigenvalue weighted by Crippen LogP contribution is 2.20. The SMILES string of the molecule is O=C(Nc1cc(N2CCN(c3ccccc3)CC2)ncn1)c1cccc(F)c1. The Labute approximate surface area is 162 Å². The number of anilines is 3. The van der Waals surface area contributed by atoms with Gasteiger partial charge in [0, 0.05) is 43.5 Å². The van der Waals surface area contributed by atoms with Gasteiger partial charge < -0.3 is 15.1 Å². The third-order valence-electron chi connectivity index (χ3n) is 4.71. The molecule has 28 heavy (non-hydrogen) atoms. The molecule has 1 aliphatic heterocycles. The molecule has 2 heterocycles. The van der Waals surface area contributed by atoms with E-state index in [1.54, 1.807) is 12.1 Å². The van der Waals surface area contributed by atoms with Crippen molar-refractivity contribution in [1.82, 2.24) is 9.97 Å². The molecule has 0 bridgehead atoms. The van der Waals surface area contributed by atoms with E-state index in [4.69, 9.17) is 0 Å². The van der Waals surface area contributed by atoms with E-state index in [-0.39, 0.29) is 5.56 Å². The van der Waals surface area contributed by atoms with Crippen molar-refractivity contribution in [2.75, 3.05) is 41.3 Å². The molecule has 0 spiro atoms. The van der Waals surface area contributed by atoms with Crippen LogP contribution in [0, 0.1) is 5.82 Å². The average molecular weight is 377 g/mol. The van der Waals surface area contributed by atoms with E-state index in [1.165, 1.54) is 30.2 Å². The Morgan fingerprint density at radius 1 is 0.893 bits per heavy atom. The Morgan fingerprint density at radius 2 is 1.64 bits per heavy atom. The first-order valence-corrected chi connectivity index (χ1v) is 9.13. The molecule has 3 aromatic rings. The summed E-state index contributed by atoms with van der Waals surface area (Å²) in [4.78, 5) is 25.2. The lowest BCUT2D eigenvalue weighted by Gasteiger charge is -2.36. The van der Waals surface area contributed by atoms with Crippen molar-refractivity contribution in [2.45, 2.75) is 0 Å². The van der Waals surface area contributed by atoms with Gasteiger partial charge in [0.15, 0.2) is 0 Å². The minimum Gasteiger partial charge on any atom is -0.368 e. The number of piperazine rings is 1. The van der Waals surface area contributed by atoms with E-state index in [0.717, 1.165) is 32.0 Å². The van der Waals surface area contributed by atoms with Crippen molar-refractivity contribution in [3.05, 3.63) is 78.4 Å². The number of aromatic nitrogens is 2. The van der Waals surface area contributed by atoms with Gasteiger partial charge in [-0.1, -0.05) is 24.3 Å². The van der Waals surface area contributed by atoms with Crippen LogP contribution >= 0.6 is 0 Å². The summed E-state index contributed by atoms with van der Waals surface area (Å²) in [5, 5.41) is 2.71. The van der Waals surface area contributed by atoms with E-state index >= 15 is 0 Å². The quantitative estimate of drug-likeness (QED) is 0.757. The van der Waals surface area contributed by atoms with Crippen molar-refractivity contribution in [3.63, 3.8) is 0 Å². The topological polar surface area (TPSA) is 61.4 Å². The zero-order valence-electron chi connectivity index (χ0n) is 15.3. The Morgan fingerprint density at radius 3 is 2.39 bits per heavy atom. The van der Waals surface area contributed by atoms with E-state index in [0.29, 0.717) is 5.82 Å². The van der Waals surface area contributed by atoms with Crippen LogP contribution in [0.15, 0.2) is 67.0 Å². The van der Waals surface area contributed by atoms with E-state index in [2.05, 4.69) is 37.2 Å². The van der Waals surface area contributed by atoms with E-state index in [1.807, 2.05) is 18.2 Å². The van der Waals surface area contributed by atoms with Gasteiger partial charge in [-0.15, -0.1) is 0 Å². The molecule has 1 aromatic heterocycles. The first-order chi connectivity index (χ1) is 13.7. The second kappa shape index (κ2) is 8.04. The first-order valence-electron chi connectivity index (χ1n) is 9.13. The van der Waals surface area contributed by atoms with Crippen LogP contribution in [0.5, 0.6) is 0 Å². The maximum atomic E-state index is 13.3. The third kappa shape index (κ3) is 4.09. The highest BCUT2D eigenvalue weighted by molar-refractivity contribution is 6.03. The minimum absolute atomic E-state index is 0.247. The third-order valence-corrected chi connectivity index (χ3v) is 4.71. The summed E-state index contributed by atoms with van der Waals surface area (Å²) in [7, 11) is 0. The Balaban J connectivity index is 1.41. The predicted octanol–water partition coefficient (Wildman–Crippen LogP) is 3.19. The molecule has 1 N–H and O–H groups in total. The normalized spacial score (nSPS) is 14.0. The lowest BCUT2D eigenvalue weighted by molar-refractivity contribution is 0.102. The zero-order valence-corrected chi connectivity index (χ0v) is 15.3. The average Bonchev–Trinajstić information content (AvgIpc) is 2.75. The summed E-state index contributed by atoms with van der Waals surface area (Å²) in [6.45, 7) is 3.42. The monoisotopic (exact) mass is 377 g/mol. The number of benzene rings is 2. The summed E-state index contributed by atoms with van der Waals surface area (Å²) in [6, 6.07) is 17.6.